The van der Waals surface area contributed by atoms with E-state index in [0.29, 0.717) is 26.4 Å². The molecule has 1 aliphatic rings. The molecular weight excluding hydrogens is 264 g/mol. The summed E-state index contributed by atoms with van der Waals surface area (Å²) in [7, 11) is 0. The van der Waals surface area contributed by atoms with Gasteiger partial charge < -0.3 is 14.2 Å². The molecule has 1 saturated heterocycles. The van der Waals surface area contributed by atoms with E-state index in [2.05, 4.69) is 24.3 Å². The molecule has 2 aromatic rings. The van der Waals surface area contributed by atoms with E-state index < -0.39 is 0 Å². The lowest BCUT2D eigenvalue weighted by Gasteiger charge is -2.19. The topological polar surface area (TPSA) is 27.7 Å². The molecule has 0 aromatic heterocycles. The fourth-order valence-corrected chi connectivity index (χ4v) is 2.38. The second kappa shape index (κ2) is 7.36. The Kier molecular flexibility index (Phi) is 5.00. The van der Waals surface area contributed by atoms with Crippen molar-refractivity contribution in [2.75, 3.05) is 13.2 Å². The van der Waals surface area contributed by atoms with Crippen LogP contribution in [0.3, 0.4) is 0 Å². The lowest BCUT2D eigenvalue weighted by atomic mass is 10.2. The highest BCUT2D eigenvalue weighted by Crippen LogP contribution is 2.17. The molecule has 0 saturated carbocycles. The standard InChI is InChI=1S/C18H20O3/c1-3-7-15(8-4-1)11-20-17-13-19-14-18(17)21-12-16-9-5-2-6-10-16/h1-10,17-18H,11-14H2/t17-,18-/m1/s1. The largest absolute Gasteiger partial charge is 0.376 e. The summed E-state index contributed by atoms with van der Waals surface area (Å²) in [5, 5.41) is 0. The number of ether oxygens (including phenoxy) is 3. The minimum Gasteiger partial charge on any atom is -0.376 e. The minimum atomic E-state index is 0.00826. The molecule has 0 spiro atoms. The van der Waals surface area contributed by atoms with E-state index in [-0.39, 0.29) is 12.2 Å². The average molecular weight is 284 g/mol. The molecule has 3 heteroatoms. The van der Waals surface area contributed by atoms with Gasteiger partial charge >= 0.3 is 0 Å². The van der Waals surface area contributed by atoms with Gasteiger partial charge in [-0.2, -0.15) is 0 Å². The van der Waals surface area contributed by atoms with E-state index in [9.17, 15) is 0 Å². The summed E-state index contributed by atoms with van der Waals surface area (Å²) >= 11 is 0. The second-order valence-corrected chi connectivity index (χ2v) is 5.21. The molecule has 1 aliphatic heterocycles. The van der Waals surface area contributed by atoms with Gasteiger partial charge in [0.2, 0.25) is 0 Å². The maximum Gasteiger partial charge on any atom is 0.110 e. The molecule has 1 heterocycles. The van der Waals surface area contributed by atoms with Crippen molar-refractivity contribution in [3.63, 3.8) is 0 Å². The van der Waals surface area contributed by atoms with Gasteiger partial charge in [0.25, 0.3) is 0 Å². The fraction of sp³-hybridized carbons (Fsp3) is 0.333. The van der Waals surface area contributed by atoms with Crippen molar-refractivity contribution < 1.29 is 14.2 Å². The molecule has 0 amide bonds. The first-order chi connectivity index (χ1) is 10.4. The van der Waals surface area contributed by atoms with Gasteiger partial charge in [-0.05, 0) is 11.1 Å². The number of hydrogen-bond acceptors (Lipinski definition) is 3. The monoisotopic (exact) mass is 284 g/mol. The lowest BCUT2D eigenvalue weighted by Crippen LogP contribution is -2.29. The zero-order valence-corrected chi connectivity index (χ0v) is 12.0. The third kappa shape index (κ3) is 4.14. The molecule has 21 heavy (non-hydrogen) atoms. The molecule has 2 aromatic carbocycles. The van der Waals surface area contributed by atoms with Crippen molar-refractivity contribution in [3.8, 4) is 0 Å². The summed E-state index contributed by atoms with van der Waals surface area (Å²) in [6, 6.07) is 20.4. The Morgan fingerprint density at radius 1 is 0.714 bits per heavy atom. The van der Waals surface area contributed by atoms with Gasteiger partial charge in [-0.25, -0.2) is 0 Å². The van der Waals surface area contributed by atoms with Gasteiger partial charge in [-0.3, -0.25) is 0 Å². The van der Waals surface area contributed by atoms with Crippen LogP contribution in [0.2, 0.25) is 0 Å². The Morgan fingerprint density at radius 2 is 1.14 bits per heavy atom. The summed E-state index contributed by atoms with van der Waals surface area (Å²) in [5.74, 6) is 0. The van der Waals surface area contributed by atoms with Crippen LogP contribution in [0.15, 0.2) is 60.7 Å². The first-order valence-corrected chi connectivity index (χ1v) is 7.30. The summed E-state index contributed by atoms with van der Waals surface area (Å²) in [6.07, 6.45) is 0.0165. The molecule has 0 aliphatic carbocycles. The van der Waals surface area contributed by atoms with Crippen molar-refractivity contribution >= 4 is 0 Å². The molecular formula is C18H20O3. The molecule has 0 unspecified atom stereocenters. The predicted molar refractivity (Wildman–Crippen MR) is 80.9 cm³/mol. The van der Waals surface area contributed by atoms with E-state index in [4.69, 9.17) is 14.2 Å². The van der Waals surface area contributed by atoms with Crippen LogP contribution in [0.1, 0.15) is 11.1 Å². The quantitative estimate of drug-likeness (QED) is 0.815. The fourth-order valence-electron chi connectivity index (χ4n) is 2.38. The van der Waals surface area contributed by atoms with Gasteiger partial charge in [0.15, 0.2) is 0 Å². The summed E-state index contributed by atoms with van der Waals surface area (Å²) in [5.41, 5.74) is 2.34. The molecule has 0 N–H and O–H groups in total. The van der Waals surface area contributed by atoms with Crippen LogP contribution in [0, 0.1) is 0 Å². The van der Waals surface area contributed by atoms with Crippen molar-refractivity contribution in [1.82, 2.24) is 0 Å². The van der Waals surface area contributed by atoms with Crippen molar-refractivity contribution in [2.24, 2.45) is 0 Å². The molecule has 3 rings (SSSR count). The van der Waals surface area contributed by atoms with Gasteiger partial charge in [-0.1, -0.05) is 60.7 Å². The Morgan fingerprint density at radius 3 is 1.57 bits per heavy atom. The van der Waals surface area contributed by atoms with E-state index >= 15 is 0 Å². The van der Waals surface area contributed by atoms with Crippen LogP contribution in [0.25, 0.3) is 0 Å². The van der Waals surface area contributed by atoms with Crippen LogP contribution in [-0.2, 0) is 27.4 Å². The summed E-state index contributed by atoms with van der Waals surface area (Å²) < 4.78 is 17.4. The van der Waals surface area contributed by atoms with Gasteiger partial charge in [-0.15, -0.1) is 0 Å². The molecule has 110 valence electrons. The lowest BCUT2D eigenvalue weighted by molar-refractivity contribution is -0.0591. The van der Waals surface area contributed by atoms with E-state index in [1.165, 1.54) is 11.1 Å². The minimum absolute atomic E-state index is 0.00826. The maximum atomic E-state index is 5.94. The maximum absolute atomic E-state index is 5.94. The molecule has 0 radical (unpaired) electrons. The van der Waals surface area contributed by atoms with Crippen molar-refractivity contribution in [3.05, 3.63) is 71.8 Å². The molecule has 1 fully saturated rings. The average Bonchev–Trinajstić information content (AvgIpc) is 3.00. The number of benzene rings is 2. The van der Waals surface area contributed by atoms with Crippen LogP contribution in [0.4, 0.5) is 0 Å². The second-order valence-electron chi connectivity index (χ2n) is 5.21. The SMILES string of the molecule is c1ccc(CO[C@@H]2COC[C@H]2OCc2ccccc2)cc1. The Hall–Kier alpha value is -1.68. The predicted octanol–water partition coefficient (Wildman–Crippen LogP) is 3.19. The molecule has 2 atom stereocenters. The highest BCUT2D eigenvalue weighted by Gasteiger charge is 2.29. The third-order valence-corrected chi connectivity index (χ3v) is 3.59. The number of rotatable bonds is 6. The van der Waals surface area contributed by atoms with Crippen LogP contribution in [0.5, 0.6) is 0 Å². The number of hydrogen-bond donors (Lipinski definition) is 0. The zero-order chi connectivity index (χ0) is 14.3. The van der Waals surface area contributed by atoms with Gasteiger partial charge in [0.1, 0.15) is 12.2 Å². The molecule has 0 bridgehead atoms. The van der Waals surface area contributed by atoms with Crippen LogP contribution >= 0.6 is 0 Å². The van der Waals surface area contributed by atoms with E-state index in [0.717, 1.165) is 0 Å². The van der Waals surface area contributed by atoms with Gasteiger partial charge in [0, 0.05) is 0 Å². The van der Waals surface area contributed by atoms with Crippen molar-refractivity contribution in [1.29, 1.82) is 0 Å². The normalized spacial score (nSPS) is 21.5. The Balaban J connectivity index is 1.49. The smallest absolute Gasteiger partial charge is 0.110 e. The Bertz CT molecular complexity index is 477. The van der Waals surface area contributed by atoms with Gasteiger partial charge in [0.05, 0.1) is 26.4 Å². The van der Waals surface area contributed by atoms with Crippen LogP contribution < -0.4 is 0 Å². The zero-order valence-electron chi connectivity index (χ0n) is 12.0. The first kappa shape index (κ1) is 14.3. The summed E-state index contributed by atoms with van der Waals surface area (Å²) in [4.78, 5) is 0. The van der Waals surface area contributed by atoms with Crippen molar-refractivity contribution in [2.45, 2.75) is 25.4 Å². The van der Waals surface area contributed by atoms with E-state index in [1.807, 2.05) is 36.4 Å². The third-order valence-electron chi connectivity index (χ3n) is 3.59. The first-order valence-electron chi connectivity index (χ1n) is 7.30. The highest BCUT2D eigenvalue weighted by atomic mass is 16.6. The summed E-state index contributed by atoms with van der Waals surface area (Å²) in [6.45, 7) is 2.40. The van der Waals surface area contributed by atoms with E-state index in [1.54, 1.807) is 0 Å². The Labute approximate surface area is 125 Å². The molecule has 3 nitrogen and oxygen atoms in total. The highest BCUT2D eigenvalue weighted by molar-refractivity contribution is 5.14. The van der Waals surface area contributed by atoms with Crippen LogP contribution in [-0.4, -0.2) is 25.4 Å².